The number of cyclic esters (lactones) is 1. The van der Waals surface area contributed by atoms with Gasteiger partial charge in [0.25, 0.3) is 5.91 Å². The third-order valence-corrected chi connectivity index (χ3v) is 11.4. The van der Waals surface area contributed by atoms with Crippen LogP contribution in [0, 0.1) is 52.9 Å². The highest BCUT2D eigenvalue weighted by molar-refractivity contribution is 5.90. The summed E-state index contributed by atoms with van der Waals surface area (Å²) in [6.07, 6.45) is 3.07. The minimum atomic E-state index is -1.27. The number of hydrogen-bond donors (Lipinski definition) is 1. The predicted molar refractivity (Wildman–Crippen MR) is 211 cm³/mol. The predicted octanol–water partition coefficient (Wildman–Crippen LogP) is 8.85. The molecular formula is C45H55N5O3. The van der Waals surface area contributed by atoms with Crippen molar-refractivity contribution in [3.05, 3.63) is 129 Å². The lowest BCUT2D eigenvalue weighted by Gasteiger charge is -2.43. The highest BCUT2D eigenvalue weighted by Gasteiger charge is 2.51. The highest BCUT2D eigenvalue weighted by Crippen LogP contribution is 2.42. The third-order valence-electron chi connectivity index (χ3n) is 11.4. The van der Waals surface area contributed by atoms with Gasteiger partial charge in [0.1, 0.15) is 11.6 Å². The zero-order valence-electron chi connectivity index (χ0n) is 33.1. The molecule has 1 saturated heterocycles. The highest BCUT2D eigenvalue weighted by atomic mass is 16.6. The Labute approximate surface area is 315 Å². The van der Waals surface area contributed by atoms with Gasteiger partial charge in [-0.15, -0.1) is 0 Å². The Morgan fingerprint density at radius 1 is 0.755 bits per heavy atom. The molecule has 0 spiro atoms. The molecule has 8 nitrogen and oxygen atoms in total. The van der Waals surface area contributed by atoms with Crippen LogP contribution < -0.4 is 5.32 Å². The topological polar surface area (TPSA) is 91.0 Å². The minimum Gasteiger partial charge on any atom is -0.449 e. The van der Waals surface area contributed by atoms with Crippen LogP contribution in [-0.4, -0.2) is 36.6 Å². The van der Waals surface area contributed by atoms with E-state index in [1.54, 1.807) is 6.92 Å². The maximum absolute atomic E-state index is 14.2. The first kappa shape index (κ1) is 37.8. The van der Waals surface area contributed by atoms with Crippen molar-refractivity contribution in [3.8, 4) is 11.6 Å². The van der Waals surface area contributed by atoms with Crippen LogP contribution in [-0.2, 0) is 33.6 Å². The van der Waals surface area contributed by atoms with E-state index >= 15 is 0 Å². The smallest absolute Gasteiger partial charge is 0.313 e. The van der Waals surface area contributed by atoms with Gasteiger partial charge in [0.05, 0.1) is 11.5 Å². The number of ether oxygens (including phenoxy) is 1. The monoisotopic (exact) mass is 713 g/mol. The Morgan fingerprint density at radius 3 is 1.85 bits per heavy atom. The number of carbonyl (C=O) groups is 2. The van der Waals surface area contributed by atoms with E-state index < -0.39 is 17.1 Å². The Hall–Kier alpha value is -4.98. The van der Waals surface area contributed by atoms with Crippen molar-refractivity contribution in [1.82, 2.24) is 24.4 Å². The maximum Gasteiger partial charge on any atom is 0.313 e. The van der Waals surface area contributed by atoms with E-state index in [1.807, 2.05) is 20.8 Å². The van der Waals surface area contributed by atoms with E-state index in [9.17, 15) is 9.59 Å². The lowest BCUT2D eigenvalue weighted by atomic mass is 9.71. The first-order valence-corrected chi connectivity index (χ1v) is 19.0. The zero-order valence-corrected chi connectivity index (χ0v) is 33.1. The van der Waals surface area contributed by atoms with Gasteiger partial charge < -0.3 is 19.2 Å². The zero-order chi connectivity index (χ0) is 38.2. The Balaban J connectivity index is 1.30. The number of rotatable bonds is 11. The lowest BCUT2D eigenvalue weighted by Crippen LogP contribution is -2.55. The lowest BCUT2D eigenvalue weighted by molar-refractivity contribution is -0.190. The molecule has 1 N–H and O–H groups in total. The molecule has 5 heterocycles. The van der Waals surface area contributed by atoms with Crippen LogP contribution in [0.15, 0.2) is 72.8 Å². The number of nitrogens with one attached hydrogen (secondary N) is 1. The minimum absolute atomic E-state index is 0.107. The summed E-state index contributed by atoms with van der Waals surface area (Å²) in [6, 6.07) is 25.0. The van der Waals surface area contributed by atoms with Gasteiger partial charge >= 0.3 is 5.97 Å². The Morgan fingerprint density at radius 2 is 1.30 bits per heavy atom. The number of benzene rings is 1. The third kappa shape index (κ3) is 7.87. The fourth-order valence-electron chi connectivity index (χ4n) is 7.63. The fourth-order valence-corrected chi connectivity index (χ4v) is 7.63. The summed E-state index contributed by atoms with van der Waals surface area (Å²) < 4.78 is 10.4. The molecule has 0 bridgehead atoms. The summed E-state index contributed by atoms with van der Waals surface area (Å²) in [5.41, 5.74) is 8.96. The average Bonchev–Trinajstić information content (AvgIpc) is 3.62. The number of pyridine rings is 2. The van der Waals surface area contributed by atoms with Crippen molar-refractivity contribution in [3.63, 3.8) is 0 Å². The van der Waals surface area contributed by atoms with Gasteiger partial charge in [-0.25, -0.2) is 9.97 Å². The average molecular weight is 714 g/mol. The van der Waals surface area contributed by atoms with Gasteiger partial charge in [-0.05, 0) is 158 Å². The molecule has 6 rings (SSSR count). The first-order chi connectivity index (χ1) is 25.1. The summed E-state index contributed by atoms with van der Waals surface area (Å²) in [5, 5.41) is 3.33. The normalized spacial score (nSPS) is 19.3. The number of aryl methyl sites for hydroxylation is 8. The van der Waals surface area contributed by atoms with Gasteiger partial charge in [-0.3, -0.25) is 9.59 Å². The second kappa shape index (κ2) is 14.8. The van der Waals surface area contributed by atoms with Crippen molar-refractivity contribution in [2.24, 2.45) is 11.3 Å². The van der Waals surface area contributed by atoms with Gasteiger partial charge in [0.2, 0.25) is 0 Å². The van der Waals surface area contributed by atoms with E-state index in [2.05, 4.69) is 129 Å². The van der Waals surface area contributed by atoms with Crippen LogP contribution >= 0.6 is 0 Å². The molecule has 4 aromatic heterocycles. The molecule has 1 aromatic carbocycles. The molecule has 0 saturated carbocycles. The maximum atomic E-state index is 14.2. The van der Waals surface area contributed by atoms with Crippen molar-refractivity contribution in [2.75, 3.05) is 0 Å². The van der Waals surface area contributed by atoms with Crippen molar-refractivity contribution in [1.29, 1.82) is 0 Å². The molecule has 0 unspecified atom stereocenters. The van der Waals surface area contributed by atoms with E-state index in [-0.39, 0.29) is 17.8 Å². The van der Waals surface area contributed by atoms with Crippen molar-refractivity contribution >= 4 is 11.9 Å². The molecule has 1 fully saturated rings. The first-order valence-electron chi connectivity index (χ1n) is 19.0. The molecule has 5 aromatic rings. The largest absolute Gasteiger partial charge is 0.449 e. The number of amides is 1. The van der Waals surface area contributed by atoms with Gasteiger partial charge in [-0.2, -0.15) is 0 Å². The molecule has 53 heavy (non-hydrogen) atoms. The van der Waals surface area contributed by atoms with E-state index in [4.69, 9.17) is 14.7 Å². The summed E-state index contributed by atoms with van der Waals surface area (Å²) in [7, 11) is 0. The van der Waals surface area contributed by atoms with Gasteiger partial charge in [0.15, 0.2) is 5.60 Å². The molecular weight excluding hydrogens is 659 g/mol. The molecule has 1 aliphatic heterocycles. The Bertz CT molecular complexity index is 2120. The molecule has 1 aliphatic rings. The number of aromatic nitrogens is 4. The quantitative estimate of drug-likeness (QED) is 0.138. The van der Waals surface area contributed by atoms with Crippen LogP contribution in [0.1, 0.15) is 103 Å². The van der Waals surface area contributed by atoms with E-state index in [0.717, 1.165) is 75.3 Å². The summed E-state index contributed by atoms with van der Waals surface area (Å²) >= 11 is 0. The summed E-state index contributed by atoms with van der Waals surface area (Å²) in [6.45, 7) is 20.3. The van der Waals surface area contributed by atoms with Crippen LogP contribution in [0.2, 0.25) is 0 Å². The number of carbonyl (C=O) groups excluding carboxylic acids is 2. The van der Waals surface area contributed by atoms with E-state index in [1.165, 1.54) is 5.56 Å². The molecule has 3 atom stereocenters. The van der Waals surface area contributed by atoms with Gasteiger partial charge in [0, 0.05) is 40.6 Å². The van der Waals surface area contributed by atoms with Crippen LogP contribution in [0.5, 0.6) is 0 Å². The second-order valence-corrected chi connectivity index (χ2v) is 16.1. The number of esters is 1. The molecule has 278 valence electrons. The molecule has 0 radical (unpaired) electrons. The molecule has 0 aliphatic carbocycles. The standard InChI is InChI=1S/C45H55N5O3/c1-28(2)44(9)20-21-45(10,53-43(44)52)42(51)48-39(27-38-23-30(4)25-41(47-38)50-33(7)16-17-34(50)8)36-13-11-12-35(26-36)18-19-37-22-29(3)24-40(46-37)49-31(5)14-15-32(49)6/h11-17,22-26,28,39H,18-21,27H2,1-10H3,(H,48,51)/t39-,44+,45+/m1/s1. The summed E-state index contributed by atoms with van der Waals surface area (Å²) in [4.78, 5) is 37.7. The van der Waals surface area contributed by atoms with Crippen molar-refractivity contribution in [2.45, 2.75) is 113 Å². The number of hydrogen-bond acceptors (Lipinski definition) is 5. The molecule has 1 amide bonds. The molecule has 8 heteroatoms. The number of nitrogens with zero attached hydrogens (tertiary/aromatic N) is 4. The van der Waals surface area contributed by atoms with E-state index in [0.29, 0.717) is 19.3 Å². The van der Waals surface area contributed by atoms with Crippen LogP contribution in [0.4, 0.5) is 0 Å². The summed E-state index contributed by atoms with van der Waals surface area (Å²) in [5.74, 6) is 1.31. The Kier molecular flexibility index (Phi) is 10.5. The van der Waals surface area contributed by atoms with Crippen molar-refractivity contribution < 1.29 is 14.3 Å². The van der Waals surface area contributed by atoms with Crippen LogP contribution in [0.3, 0.4) is 0 Å². The fraction of sp³-hybridized carbons (Fsp3) is 0.422. The van der Waals surface area contributed by atoms with Gasteiger partial charge in [-0.1, -0.05) is 38.1 Å². The second-order valence-electron chi connectivity index (χ2n) is 16.1. The SMILES string of the molecule is Cc1cc(CCc2cccc([C@@H](Cc3cc(C)cc(-n4c(C)ccc4C)n3)NC(=O)[C@]3(C)CC[C@@](C)(C(C)C)C(=O)O3)c2)nc(-n2c(C)ccc2C)c1. The van der Waals surface area contributed by atoms with Crippen LogP contribution in [0.25, 0.3) is 11.6 Å².